The lowest BCUT2D eigenvalue weighted by Gasteiger charge is -1.96. The van der Waals surface area contributed by atoms with Gasteiger partial charge >= 0.3 is 0 Å². The zero-order valence-corrected chi connectivity index (χ0v) is 7.01. The summed E-state index contributed by atoms with van der Waals surface area (Å²) in [6, 6.07) is 2.77. The summed E-state index contributed by atoms with van der Waals surface area (Å²) in [7, 11) is 0. The Balaban J connectivity index is 3.35. The second-order valence-corrected chi connectivity index (χ2v) is 2.76. The molecule has 5 heteroatoms. The third kappa shape index (κ3) is 1.68. The number of H-pyrrole nitrogens is 1. The van der Waals surface area contributed by atoms with Crippen LogP contribution in [0.25, 0.3) is 0 Å². The van der Waals surface area contributed by atoms with Gasteiger partial charge < -0.3 is 10.7 Å². The number of aromatic nitrogens is 1. The molecule has 1 rings (SSSR count). The maximum absolute atomic E-state index is 10.7. The van der Waals surface area contributed by atoms with E-state index in [1.165, 1.54) is 12.1 Å². The van der Waals surface area contributed by atoms with E-state index in [-0.39, 0.29) is 11.3 Å². The number of aromatic amines is 1. The molecule has 0 radical (unpaired) electrons. The SMILES string of the molecule is NC(=O)c1[nH]c(=O)ccc1Br. The average molecular weight is 217 g/mol. The number of halogens is 1. The lowest BCUT2D eigenvalue weighted by molar-refractivity contribution is 0.0994. The van der Waals surface area contributed by atoms with E-state index in [0.29, 0.717) is 4.47 Å². The Bertz CT molecular complexity index is 345. The van der Waals surface area contributed by atoms with Gasteiger partial charge in [0.2, 0.25) is 5.56 Å². The van der Waals surface area contributed by atoms with Crippen LogP contribution in [0, 0.1) is 0 Å². The van der Waals surface area contributed by atoms with Crippen molar-refractivity contribution >= 4 is 21.8 Å². The fraction of sp³-hybridized carbons (Fsp3) is 0. The van der Waals surface area contributed by atoms with Crippen molar-refractivity contribution in [1.82, 2.24) is 4.98 Å². The number of nitrogens with two attached hydrogens (primary N) is 1. The molecular weight excluding hydrogens is 212 g/mol. The van der Waals surface area contributed by atoms with E-state index >= 15 is 0 Å². The molecule has 0 aliphatic carbocycles. The predicted octanol–water partition coefficient (Wildman–Crippen LogP) is 0.236. The molecule has 0 fully saturated rings. The van der Waals surface area contributed by atoms with Gasteiger partial charge in [-0.3, -0.25) is 9.59 Å². The minimum Gasteiger partial charge on any atom is -0.364 e. The summed E-state index contributed by atoms with van der Waals surface area (Å²) >= 11 is 3.06. The van der Waals surface area contributed by atoms with Crippen LogP contribution in [0.1, 0.15) is 10.5 Å². The zero-order chi connectivity index (χ0) is 8.43. The second kappa shape index (κ2) is 2.87. The first-order valence-electron chi connectivity index (χ1n) is 2.80. The number of hydrogen-bond acceptors (Lipinski definition) is 2. The number of primary amides is 1. The van der Waals surface area contributed by atoms with Crippen LogP contribution in [-0.2, 0) is 0 Å². The Morgan fingerprint density at radius 1 is 1.55 bits per heavy atom. The molecule has 0 aromatic carbocycles. The van der Waals surface area contributed by atoms with Crippen molar-refractivity contribution in [2.75, 3.05) is 0 Å². The molecule has 58 valence electrons. The van der Waals surface area contributed by atoms with E-state index < -0.39 is 5.91 Å². The summed E-state index contributed by atoms with van der Waals surface area (Å²) in [5, 5.41) is 0. The van der Waals surface area contributed by atoms with Gasteiger partial charge in [0, 0.05) is 10.5 Å². The largest absolute Gasteiger partial charge is 0.364 e. The van der Waals surface area contributed by atoms with Crippen LogP contribution in [0.15, 0.2) is 21.4 Å². The number of hydrogen-bond donors (Lipinski definition) is 2. The topological polar surface area (TPSA) is 76.0 Å². The Kier molecular flexibility index (Phi) is 2.09. The van der Waals surface area contributed by atoms with Gasteiger partial charge in [0.15, 0.2) is 0 Å². The number of pyridine rings is 1. The van der Waals surface area contributed by atoms with Crippen LogP contribution in [0.4, 0.5) is 0 Å². The van der Waals surface area contributed by atoms with E-state index in [0.717, 1.165) is 0 Å². The molecule has 0 saturated heterocycles. The Labute approximate surface area is 70.5 Å². The van der Waals surface area contributed by atoms with Crippen molar-refractivity contribution < 1.29 is 4.79 Å². The number of amides is 1. The number of nitrogens with one attached hydrogen (secondary N) is 1. The van der Waals surface area contributed by atoms with Crippen molar-refractivity contribution in [3.8, 4) is 0 Å². The fourth-order valence-corrected chi connectivity index (χ4v) is 1.06. The molecular formula is C6H5BrN2O2. The standard InChI is InChI=1S/C6H5BrN2O2/c7-3-1-2-4(10)9-5(3)6(8)11/h1-2H,(H2,8,11)(H,9,10). The van der Waals surface area contributed by atoms with Gasteiger partial charge in [-0.1, -0.05) is 0 Å². The average Bonchev–Trinajstić information content (AvgIpc) is 1.94. The Morgan fingerprint density at radius 2 is 2.18 bits per heavy atom. The number of rotatable bonds is 1. The predicted molar refractivity (Wildman–Crippen MR) is 43.3 cm³/mol. The minimum atomic E-state index is -0.658. The molecule has 1 aromatic heterocycles. The summed E-state index contributed by atoms with van der Waals surface area (Å²) in [6.45, 7) is 0. The monoisotopic (exact) mass is 216 g/mol. The van der Waals surface area contributed by atoms with Crippen LogP contribution in [0.5, 0.6) is 0 Å². The van der Waals surface area contributed by atoms with Crippen molar-refractivity contribution in [2.45, 2.75) is 0 Å². The first-order valence-corrected chi connectivity index (χ1v) is 3.59. The molecule has 0 saturated carbocycles. The van der Waals surface area contributed by atoms with Crippen LogP contribution in [0.3, 0.4) is 0 Å². The Hall–Kier alpha value is -1.10. The smallest absolute Gasteiger partial charge is 0.266 e. The van der Waals surface area contributed by atoms with Crippen molar-refractivity contribution in [3.63, 3.8) is 0 Å². The highest BCUT2D eigenvalue weighted by atomic mass is 79.9. The van der Waals surface area contributed by atoms with Crippen LogP contribution >= 0.6 is 15.9 Å². The fourth-order valence-electron chi connectivity index (χ4n) is 0.636. The van der Waals surface area contributed by atoms with Crippen LogP contribution in [0.2, 0.25) is 0 Å². The minimum absolute atomic E-state index is 0.0949. The molecule has 4 nitrogen and oxygen atoms in total. The molecule has 0 unspecified atom stereocenters. The molecule has 1 heterocycles. The van der Waals surface area contributed by atoms with Gasteiger partial charge in [0.25, 0.3) is 5.91 Å². The normalized spacial score (nSPS) is 9.55. The molecule has 1 aromatic rings. The second-order valence-electron chi connectivity index (χ2n) is 1.91. The Morgan fingerprint density at radius 3 is 2.64 bits per heavy atom. The molecule has 0 aliphatic rings. The lowest BCUT2D eigenvalue weighted by Crippen LogP contribution is -2.18. The number of carbonyl (C=O) groups excluding carboxylic acids is 1. The van der Waals surface area contributed by atoms with E-state index in [1.54, 1.807) is 0 Å². The van der Waals surface area contributed by atoms with E-state index in [2.05, 4.69) is 20.9 Å². The third-order valence-electron chi connectivity index (χ3n) is 1.11. The lowest BCUT2D eigenvalue weighted by atomic mass is 10.3. The van der Waals surface area contributed by atoms with Crippen molar-refractivity contribution in [3.05, 3.63) is 32.7 Å². The van der Waals surface area contributed by atoms with Crippen LogP contribution in [-0.4, -0.2) is 10.9 Å². The third-order valence-corrected chi connectivity index (χ3v) is 1.78. The summed E-state index contributed by atoms with van der Waals surface area (Å²) in [5.41, 5.74) is 4.69. The van der Waals surface area contributed by atoms with E-state index in [1.807, 2.05) is 0 Å². The highest BCUT2D eigenvalue weighted by molar-refractivity contribution is 9.10. The molecule has 11 heavy (non-hydrogen) atoms. The molecule has 3 N–H and O–H groups in total. The zero-order valence-electron chi connectivity index (χ0n) is 5.43. The summed E-state index contributed by atoms with van der Waals surface area (Å²) in [4.78, 5) is 23.6. The number of carbonyl (C=O) groups is 1. The van der Waals surface area contributed by atoms with Gasteiger partial charge in [-0.2, -0.15) is 0 Å². The summed E-state index contributed by atoms with van der Waals surface area (Å²) < 4.78 is 0.490. The van der Waals surface area contributed by atoms with Gasteiger partial charge in [-0.05, 0) is 22.0 Å². The first kappa shape index (κ1) is 8.00. The van der Waals surface area contributed by atoms with E-state index in [9.17, 15) is 9.59 Å². The molecule has 0 atom stereocenters. The van der Waals surface area contributed by atoms with Crippen molar-refractivity contribution in [1.29, 1.82) is 0 Å². The quantitative estimate of drug-likeness (QED) is 0.706. The van der Waals surface area contributed by atoms with Gasteiger partial charge in [0.1, 0.15) is 5.69 Å². The summed E-state index contributed by atoms with van der Waals surface area (Å²) in [6.07, 6.45) is 0. The van der Waals surface area contributed by atoms with Gasteiger partial charge in [0.05, 0.1) is 0 Å². The highest BCUT2D eigenvalue weighted by Gasteiger charge is 2.05. The molecule has 0 spiro atoms. The molecule has 0 bridgehead atoms. The van der Waals surface area contributed by atoms with Crippen molar-refractivity contribution in [2.24, 2.45) is 5.73 Å². The first-order chi connectivity index (χ1) is 5.11. The van der Waals surface area contributed by atoms with Gasteiger partial charge in [-0.25, -0.2) is 0 Å². The maximum atomic E-state index is 10.7. The molecule has 0 aliphatic heterocycles. The highest BCUT2D eigenvalue weighted by Crippen LogP contribution is 2.10. The van der Waals surface area contributed by atoms with Crippen LogP contribution < -0.4 is 11.3 Å². The maximum Gasteiger partial charge on any atom is 0.266 e. The summed E-state index contributed by atoms with van der Waals surface area (Å²) in [5.74, 6) is -0.658. The molecule has 1 amide bonds. The van der Waals surface area contributed by atoms with E-state index in [4.69, 9.17) is 5.73 Å². The van der Waals surface area contributed by atoms with Gasteiger partial charge in [-0.15, -0.1) is 0 Å².